The Morgan fingerprint density at radius 2 is 2.00 bits per heavy atom. The molecule has 0 radical (unpaired) electrons. The Morgan fingerprint density at radius 1 is 1.25 bits per heavy atom. The molecule has 0 aromatic carbocycles. The number of hydrogen-bond acceptors (Lipinski definition) is 4. The van der Waals surface area contributed by atoms with Crippen molar-refractivity contribution in [3.05, 3.63) is 0 Å². The summed E-state index contributed by atoms with van der Waals surface area (Å²) in [6.45, 7) is 2.17. The first kappa shape index (κ1) is 11.2. The number of likely N-dealkylation sites (N-methyl/N-ethyl adjacent to an activating group) is 1. The second-order valence-corrected chi connectivity index (χ2v) is 2.10. The molecule has 0 aliphatic rings. The molecule has 0 atom stereocenters. The third-order valence-electron chi connectivity index (χ3n) is 1.16. The number of nitrogens with one attached hydrogen (secondary N) is 2. The van der Waals surface area contributed by atoms with Crippen LogP contribution in [0.5, 0.6) is 0 Å². The molecule has 5 nitrogen and oxygen atoms in total. The fraction of sp³-hybridized carbons (Fsp3) is 0.857. The minimum atomic E-state index is -0.424. The lowest BCUT2D eigenvalue weighted by Crippen LogP contribution is -2.22. The van der Waals surface area contributed by atoms with Crippen LogP contribution in [0.3, 0.4) is 0 Å². The third kappa shape index (κ3) is 7.30. The maximum atomic E-state index is 10.5. The highest BCUT2D eigenvalue weighted by molar-refractivity contribution is 5.66. The molecule has 0 bridgehead atoms. The van der Waals surface area contributed by atoms with Crippen LogP contribution in [0.1, 0.15) is 0 Å². The molecule has 0 aromatic heterocycles. The first-order valence-electron chi connectivity index (χ1n) is 3.88. The highest BCUT2D eigenvalue weighted by Crippen LogP contribution is 1.78. The quantitative estimate of drug-likeness (QED) is 0.539. The summed E-state index contributed by atoms with van der Waals surface area (Å²) < 4.78 is 9.78. The largest absolute Gasteiger partial charge is 0.447 e. The topological polar surface area (TPSA) is 59.6 Å². The summed E-state index contributed by atoms with van der Waals surface area (Å²) in [5.74, 6) is 0. The van der Waals surface area contributed by atoms with E-state index in [-0.39, 0.29) is 0 Å². The van der Waals surface area contributed by atoms with Gasteiger partial charge in [0.1, 0.15) is 6.61 Å². The zero-order valence-electron chi connectivity index (χ0n) is 7.55. The highest BCUT2D eigenvalue weighted by atomic mass is 16.6. The summed E-state index contributed by atoms with van der Waals surface area (Å²) in [6, 6.07) is 0. The number of rotatable bonds is 6. The van der Waals surface area contributed by atoms with Crippen LogP contribution in [0.2, 0.25) is 0 Å². The first-order valence-corrected chi connectivity index (χ1v) is 3.88. The summed E-state index contributed by atoms with van der Waals surface area (Å²) in [5, 5.41) is 5.27. The minimum absolute atomic E-state index is 0.295. The van der Waals surface area contributed by atoms with Crippen molar-refractivity contribution in [2.75, 3.05) is 40.5 Å². The van der Waals surface area contributed by atoms with E-state index in [1.807, 2.05) is 7.05 Å². The average Bonchev–Trinajstić information content (AvgIpc) is 2.10. The van der Waals surface area contributed by atoms with Crippen molar-refractivity contribution in [1.82, 2.24) is 10.6 Å². The Kier molecular flexibility index (Phi) is 7.73. The highest BCUT2D eigenvalue weighted by Gasteiger charge is 1.95. The molecule has 0 unspecified atom stereocenters. The van der Waals surface area contributed by atoms with Crippen LogP contribution >= 0.6 is 0 Å². The molecular weight excluding hydrogens is 160 g/mol. The van der Waals surface area contributed by atoms with Gasteiger partial charge in [-0.2, -0.15) is 0 Å². The Hall–Kier alpha value is -0.810. The summed E-state index contributed by atoms with van der Waals surface area (Å²) >= 11 is 0. The Labute approximate surface area is 72.4 Å². The molecule has 0 fully saturated rings. The molecule has 2 N–H and O–H groups in total. The third-order valence-corrected chi connectivity index (χ3v) is 1.16. The van der Waals surface area contributed by atoms with Crippen LogP contribution in [0, 0.1) is 0 Å². The number of hydrogen-bond donors (Lipinski definition) is 2. The first-order chi connectivity index (χ1) is 5.81. The molecule has 0 aromatic rings. The molecule has 1 amide bonds. The van der Waals surface area contributed by atoms with E-state index in [1.165, 1.54) is 7.05 Å². The summed E-state index contributed by atoms with van der Waals surface area (Å²) in [6.07, 6.45) is -0.424. The van der Waals surface area contributed by atoms with E-state index in [0.29, 0.717) is 19.8 Å². The zero-order valence-corrected chi connectivity index (χ0v) is 7.55. The van der Waals surface area contributed by atoms with E-state index >= 15 is 0 Å². The second kappa shape index (κ2) is 8.29. The molecule has 72 valence electrons. The lowest BCUT2D eigenvalue weighted by atomic mass is 10.7. The van der Waals surface area contributed by atoms with Crippen LogP contribution in [-0.4, -0.2) is 46.6 Å². The predicted molar refractivity (Wildman–Crippen MR) is 45.2 cm³/mol. The van der Waals surface area contributed by atoms with Gasteiger partial charge in [0, 0.05) is 13.6 Å². The van der Waals surface area contributed by atoms with Crippen molar-refractivity contribution >= 4 is 6.09 Å². The van der Waals surface area contributed by atoms with Crippen molar-refractivity contribution in [2.24, 2.45) is 0 Å². The minimum Gasteiger partial charge on any atom is -0.447 e. The summed E-state index contributed by atoms with van der Waals surface area (Å²) in [7, 11) is 3.37. The Bertz CT molecular complexity index is 119. The summed E-state index contributed by atoms with van der Waals surface area (Å²) in [5.41, 5.74) is 0. The van der Waals surface area contributed by atoms with Gasteiger partial charge in [0.05, 0.1) is 13.2 Å². The maximum absolute atomic E-state index is 10.5. The van der Waals surface area contributed by atoms with Gasteiger partial charge in [0.15, 0.2) is 0 Å². The van der Waals surface area contributed by atoms with Gasteiger partial charge in [-0.1, -0.05) is 0 Å². The van der Waals surface area contributed by atoms with Crippen molar-refractivity contribution in [1.29, 1.82) is 0 Å². The predicted octanol–water partition coefficient (Wildman–Crippen LogP) is -0.422. The molecular formula is C7H16N2O3. The number of carbonyl (C=O) groups excluding carboxylic acids is 1. The molecule has 0 spiro atoms. The van der Waals surface area contributed by atoms with E-state index < -0.39 is 6.09 Å². The van der Waals surface area contributed by atoms with Gasteiger partial charge < -0.3 is 20.1 Å². The van der Waals surface area contributed by atoms with Crippen molar-refractivity contribution in [2.45, 2.75) is 0 Å². The Morgan fingerprint density at radius 3 is 2.58 bits per heavy atom. The number of alkyl carbamates (subject to hydrolysis) is 1. The van der Waals surface area contributed by atoms with Gasteiger partial charge in [-0.05, 0) is 7.05 Å². The van der Waals surface area contributed by atoms with Crippen LogP contribution in [0.15, 0.2) is 0 Å². The van der Waals surface area contributed by atoms with Gasteiger partial charge in [-0.15, -0.1) is 0 Å². The lowest BCUT2D eigenvalue weighted by Gasteiger charge is -2.04. The monoisotopic (exact) mass is 176 g/mol. The molecule has 5 heteroatoms. The van der Waals surface area contributed by atoms with Gasteiger partial charge in [0.2, 0.25) is 0 Å². The van der Waals surface area contributed by atoms with Gasteiger partial charge in [-0.3, -0.25) is 0 Å². The molecule has 0 aliphatic heterocycles. The Balaban J connectivity index is 2.95. The van der Waals surface area contributed by atoms with Crippen LogP contribution < -0.4 is 10.6 Å². The van der Waals surface area contributed by atoms with E-state index in [1.54, 1.807) is 0 Å². The fourth-order valence-corrected chi connectivity index (χ4v) is 0.542. The van der Waals surface area contributed by atoms with Gasteiger partial charge in [-0.25, -0.2) is 4.79 Å². The van der Waals surface area contributed by atoms with Gasteiger partial charge in [0.25, 0.3) is 0 Å². The van der Waals surface area contributed by atoms with E-state index in [0.717, 1.165) is 6.54 Å². The lowest BCUT2D eigenvalue weighted by molar-refractivity contribution is 0.0753. The zero-order chi connectivity index (χ0) is 9.23. The molecule has 0 aliphatic carbocycles. The molecule has 12 heavy (non-hydrogen) atoms. The standard InChI is InChI=1S/C7H16N2O3/c1-8-3-4-11-5-6-12-7(10)9-2/h8H,3-6H2,1-2H3,(H,9,10). The van der Waals surface area contributed by atoms with Crippen molar-refractivity contribution in [3.8, 4) is 0 Å². The second-order valence-electron chi connectivity index (χ2n) is 2.10. The number of carbonyl (C=O) groups is 1. The maximum Gasteiger partial charge on any atom is 0.406 e. The average molecular weight is 176 g/mol. The van der Waals surface area contributed by atoms with E-state index in [4.69, 9.17) is 4.74 Å². The van der Waals surface area contributed by atoms with Crippen LogP contribution in [0.4, 0.5) is 4.79 Å². The summed E-state index contributed by atoms with van der Waals surface area (Å²) in [4.78, 5) is 10.5. The van der Waals surface area contributed by atoms with Crippen molar-refractivity contribution in [3.63, 3.8) is 0 Å². The molecule has 0 heterocycles. The number of ether oxygens (including phenoxy) is 2. The van der Waals surface area contributed by atoms with Crippen LogP contribution in [0.25, 0.3) is 0 Å². The van der Waals surface area contributed by atoms with Gasteiger partial charge >= 0.3 is 6.09 Å². The fourth-order valence-electron chi connectivity index (χ4n) is 0.542. The van der Waals surface area contributed by atoms with Crippen LogP contribution in [-0.2, 0) is 9.47 Å². The van der Waals surface area contributed by atoms with Crippen molar-refractivity contribution < 1.29 is 14.3 Å². The van der Waals surface area contributed by atoms with E-state index in [2.05, 4.69) is 15.4 Å². The molecule has 0 saturated carbocycles. The SMILES string of the molecule is CNCCOCCOC(=O)NC. The number of amides is 1. The molecule has 0 rings (SSSR count). The normalized spacial score (nSPS) is 9.50. The smallest absolute Gasteiger partial charge is 0.406 e. The van der Waals surface area contributed by atoms with E-state index in [9.17, 15) is 4.79 Å². The molecule has 0 saturated heterocycles.